The lowest BCUT2D eigenvalue weighted by Gasteiger charge is -2.30. The van der Waals surface area contributed by atoms with Crippen molar-refractivity contribution >= 4 is 5.82 Å². The first-order chi connectivity index (χ1) is 14.8. The number of aromatic nitrogens is 2. The van der Waals surface area contributed by atoms with Crippen molar-refractivity contribution in [2.24, 2.45) is 0 Å². The molecule has 1 saturated heterocycles. The number of benzene rings is 1. The minimum Gasteiger partial charge on any atom is -0.490 e. The predicted octanol–water partition coefficient (Wildman–Crippen LogP) is 3.82. The summed E-state index contributed by atoms with van der Waals surface area (Å²) >= 11 is 0. The molecule has 6 nitrogen and oxygen atoms in total. The summed E-state index contributed by atoms with van der Waals surface area (Å²) < 4.78 is 6.21. The van der Waals surface area contributed by atoms with Crippen LogP contribution in [-0.4, -0.2) is 41.1 Å². The molecule has 0 spiro atoms. The lowest BCUT2D eigenvalue weighted by Crippen LogP contribution is -2.32. The molecule has 2 aromatic rings. The fourth-order valence-electron chi connectivity index (χ4n) is 5.08. The van der Waals surface area contributed by atoms with Crippen molar-refractivity contribution in [3.05, 3.63) is 46.9 Å². The Hall–Kier alpha value is -2.18. The molecular weight excluding hydrogens is 374 g/mol. The molecule has 3 heterocycles. The highest BCUT2D eigenvalue weighted by Gasteiger charge is 2.26. The highest BCUT2D eigenvalue weighted by atomic mass is 16.5. The van der Waals surface area contributed by atoms with E-state index < -0.39 is 0 Å². The summed E-state index contributed by atoms with van der Waals surface area (Å²) in [6.07, 6.45) is 8.70. The maximum absolute atomic E-state index is 6.21. The van der Waals surface area contributed by atoms with Gasteiger partial charge in [0.15, 0.2) is 0 Å². The molecule has 1 unspecified atom stereocenters. The van der Waals surface area contributed by atoms with E-state index in [2.05, 4.69) is 39.8 Å². The van der Waals surface area contributed by atoms with E-state index in [0.717, 1.165) is 56.4 Å². The standard InChI is InChI=1S/C24H33N5O/c1-25-23-20-11-13-29(16-22(20)27-24(28-23)21-10-5-12-26-21)15-17-6-4-9-19(14-17)30-18-7-2-3-8-18/h4,6,9,14,18,21,26H,2-3,5,7-8,10-13,15-16H2,1H3,(H,25,27,28). The molecule has 30 heavy (non-hydrogen) atoms. The van der Waals surface area contributed by atoms with E-state index in [0.29, 0.717) is 12.1 Å². The van der Waals surface area contributed by atoms with Crippen molar-refractivity contribution in [1.82, 2.24) is 20.2 Å². The average Bonchev–Trinajstić information content (AvgIpc) is 3.47. The maximum atomic E-state index is 6.21. The Kier molecular flexibility index (Phi) is 5.86. The largest absolute Gasteiger partial charge is 0.490 e. The van der Waals surface area contributed by atoms with Gasteiger partial charge in [0.2, 0.25) is 0 Å². The van der Waals surface area contributed by atoms with E-state index in [9.17, 15) is 0 Å². The molecule has 0 radical (unpaired) electrons. The van der Waals surface area contributed by atoms with E-state index in [1.165, 1.54) is 48.9 Å². The number of hydrogen-bond acceptors (Lipinski definition) is 6. The van der Waals surface area contributed by atoms with Gasteiger partial charge in [0.1, 0.15) is 17.4 Å². The van der Waals surface area contributed by atoms with Gasteiger partial charge in [0.25, 0.3) is 0 Å². The Morgan fingerprint density at radius 2 is 2.07 bits per heavy atom. The Bertz CT molecular complexity index is 874. The predicted molar refractivity (Wildman–Crippen MR) is 119 cm³/mol. The van der Waals surface area contributed by atoms with Gasteiger partial charge < -0.3 is 15.4 Å². The Labute approximate surface area is 179 Å². The summed E-state index contributed by atoms with van der Waals surface area (Å²) in [7, 11) is 1.97. The van der Waals surface area contributed by atoms with E-state index in [-0.39, 0.29) is 0 Å². The van der Waals surface area contributed by atoms with Crippen LogP contribution in [0.1, 0.15) is 67.2 Å². The van der Waals surface area contributed by atoms with Crippen LogP contribution in [0.2, 0.25) is 0 Å². The molecule has 1 atom stereocenters. The van der Waals surface area contributed by atoms with Crippen LogP contribution in [0.25, 0.3) is 0 Å². The fraction of sp³-hybridized carbons (Fsp3) is 0.583. The number of nitrogens with one attached hydrogen (secondary N) is 2. The topological polar surface area (TPSA) is 62.3 Å². The van der Waals surface area contributed by atoms with E-state index in [4.69, 9.17) is 14.7 Å². The van der Waals surface area contributed by atoms with Gasteiger partial charge in [-0.15, -0.1) is 0 Å². The summed E-state index contributed by atoms with van der Waals surface area (Å²) in [6, 6.07) is 8.95. The maximum Gasteiger partial charge on any atom is 0.147 e. The van der Waals surface area contributed by atoms with Crippen LogP contribution < -0.4 is 15.4 Å². The lowest BCUT2D eigenvalue weighted by molar-refractivity contribution is 0.208. The van der Waals surface area contributed by atoms with E-state index in [1.807, 2.05) is 7.05 Å². The van der Waals surface area contributed by atoms with Crippen LogP contribution in [0.15, 0.2) is 24.3 Å². The number of rotatable bonds is 6. The third-order valence-electron chi connectivity index (χ3n) is 6.68. The molecule has 2 fully saturated rings. The van der Waals surface area contributed by atoms with Gasteiger partial charge in [-0.2, -0.15) is 0 Å². The number of nitrogens with zero attached hydrogens (tertiary/aromatic N) is 3. The van der Waals surface area contributed by atoms with Crippen LogP contribution in [-0.2, 0) is 19.5 Å². The van der Waals surface area contributed by atoms with Gasteiger partial charge in [0, 0.05) is 32.2 Å². The van der Waals surface area contributed by atoms with Crippen LogP contribution >= 0.6 is 0 Å². The van der Waals surface area contributed by atoms with Gasteiger partial charge >= 0.3 is 0 Å². The Balaban J connectivity index is 1.30. The quantitative estimate of drug-likeness (QED) is 0.759. The molecule has 160 valence electrons. The monoisotopic (exact) mass is 407 g/mol. The first kappa shape index (κ1) is 19.8. The highest BCUT2D eigenvalue weighted by Crippen LogP contribution is 2.29. The van der Waals surface area contributed by atoms with Crippen LogP contribution in [0.3, 0.4) is 0 Å². The van der Waals surface area contributed by atoms with Crippen molar-refractivity contribution in [3.8, 4) is 5.75 Å². The summed E-state index contributed by atoms with van der Waals surface area (Å²) in [5.74, 6) is 2.98. The van der Waals surface area contributed by atoms with E-state index >= 15 is 0 Å². The highest BCUT2D eigenvalue weighted by molar-refractivity contribution is 5.47. The van der Waals surface area contributed by atoms with E-state index in [1.54, 1.807) is 0 Å². The van der Waals surface area contributed by atoms with Gasteiger partial charge in [-0.25, -0.2) is 9.97 Å². The first-order valence-corrected chi connectivity index (χ1v) is 11.6. The van der Waals surface area contributed by atoms with Crippen molar-refractivity contribution in [3.63, 3.8) is 0 Å². The van der Waals surface area contributed by atoms with Gasteiger partial charge in [-0.05, 0) is 69.2 Å². The normalized spacial score (nSPS) is 22.2. The van der Waals surface area contributed by atoms with Gasteiger partial charge in [0.05, 0.1) is 17.8 Å². The zero-order chi connectivity index (χ0) is 20.3. The molecule has 2 aliphatic heterocycles. The smallest absolute Gasteiger partial charge is 0.147 e. The molecular formula is C24H33N5O. The average molecular weight is 408 g/mol. The SMILES string of the molecule is CNc1nc(C2CCCN2)nc2c1CCN(Cc1cccc(OC3CCCC3)c1)C2. The fourth-order valence-corrected chi connectivity index (χ4v) is 5.08. The lowest BCUT2D eigenvalue weighted by atomic mass is 10.0. The summed E-state index contributed by atoms with van der Waals surface area (Å²) in [5, 5.41) is 6.85. The molecule has 1 aromatic heterocycles. The van der Waals surface area contributed by atoms with Crippen LogP contribution in [0.4, 0.5) is 5.82 Å². The molecule has 2 N–H and O–H groups in total. The summed E-state index contributed by atoms with van der Waals surface area (Å²) in [6.45, 7) is 3.89. The Morgan fingerprint density at radius 1 is 1.17 bits per heavy atom. The second kappa shape index (κ2) is 8.90. The number of anilines is 1. The molecule has 5 rings (SSSR count). The Morgan fingerprint density at radius 3 is 2.87 bits per heavy atom. The second-order valence-electron chi connectivity index (χ2n) is 8.89. The molecule has 1 saturated carbocycles. The molecule has 0 bridgehead atoms. The molecule has 1 aromatic carbocycles. The van der Waals surface area contributed by atoms with Crippen molar-refractivity contribution < 1.29 is 4.74 Å². The zero-order valence-corrected chi connectivity index (χ0v) is 18.0. The second-order valence-corrected chi connectivity index (χ2v) is 8.89. The molecule has 0 amide bonds. The van der Waals surface area contributed by atoms with Crippen molar-refractivity contribution in [2.45, 2.75) is 70.2 Å². The zero-order valence-electron chi connectivity index (χ0n) is 18.0. The van der Waals surface area contributed by atoms with Crippen molar-refractivity contribution in [1.29, 1.82) is 0 Å². The molecule has 1 aliphatic carbocycles. The van der Waals surface area contributed by atoms with Gasteiger partial charge in [-0.1, -0.05) is 12.1 Å². The van der Waals surface area contributed by atoms with Crippen LogP contribution in [0, 0.1) is 0 Å². The third kappa shape index (κ3) is 4.30. The number of fused-ring (bicyclic) bond motifs is 1. The molecule has 3 aliphatic rings. The van der Waals surface area contributed by atoms with Crippen LogP contribution in [0.5, 0.6) is 5.75 Å². The minimum atomic E-state index is 0.294. The first-order valence-electron chi connectivity index (χ1n) is 11.6. The molecule has 6 heteroatoms. The minimum absolute atomic E-state index is 0.294. The number of hydrogen-bond donors (Lipinski definition) is 2. The van der Waals surface area contributed by atoms with Crippen molar-refractivity contribution in [2.75, 3.05) is 25.5 Å². The van der Waals surface area contributed by atoms with Gasteiger partial charge in [-0.3, -0.25) is 4.90 Å². The summed E-state index contributed by atoms with van der Waals surface area (Å²) in [5.41, 5.74) is 3.78. The number of ether oxygens (including phenoxy) is 1. The third-order valence-corrected chi connectivity index (χ3v) is 6.68. The summed E-state index contributed by atoms with van der Waals surface area (Å²) in [4.78, 5) is 12.3.